The van der Waals surface area contributed by atoms with Gasteiger partial charge in [0.25, 0.3) is 0 Å². The maximum absolute atomic E-state index is 10.5. The summed E-state index contributed by atoms with van der Waals surface area (Å²) in [4.78, 5) is 10.5. The predicted molar refractivity (Wildman–Crippen MR) is 60.7 cm³/mol. The Hall–Kier alpha value is -0.868. The Kier molecular flexibility index (Phi) is 10.7. The molecule has 0 bridgehead atoms. The number of hydrogen-bond acceptors (Lipinski definition) is 4. The molecule has 0 unspecified atom stereocenters. The standard InChI is InChI=1S/C8H9NO.Al.HO3S.2H/c1-7(10)9-8-5-3-2-4-6-8;;1-4(2)3;;/h2-6H,1H3,(H,9,10);;(H,1,2,3);;/q;+1;-1;;. The van der Waals surface area contributed by atoms with E-state index in [2.05, 4.69) is 5.32 Å². The summed E-state index contributed by atoms with van der Waals surface area (Å²) in [6.45, 7) is 1.49. The molecule has 1 amide bonds. The summed E-state index contributed by atoms with van der Waals surface area (Å²) in [7, 11) is -2.86. The van der Waals surface area contributed by atoms with Gasteiger partial charge in [0.1, 0.15) is 0 Å². The minimum atomic E-state index is -2.86. The fraction of sp³-hybridized carbons (Fsp3) is 0.125. The molecule has 0 atom stereocenters. The van der Waals surface area contributed by atoms with Gasteiger partial charge in [-0.3, -0.25) is 4.79 Å². The molecular formula is C8H12AlNO4S. The van der Waals surface area contributed by atoms with Gasteiger partial charge < -0.3 is 18.3 Å². The second-order valence-electron chi connectivity index (χ2n) is 2.26. The van der Waals surface area contributed by atoms with Gasteiger partial charge in [0.15, 0.2) is 0 Å². The van der Waals surface area contributed by atoms with E-state index in [1.165, 1.54) is 6.92 Å². The van der Waals surface area contributed by atoms with Crippen LogP contribution in [0.5, 0.6) is 0 Å². The third-order valence-corrected chi connectivity index (χ3v) is 1.09. The normalized spacial score (nSPS) is 8.20. The zero-order chi connectivity index (χ0) is 11.0. The van der Waals surface area contributed by atoms with Gasteiger partial charge in [0.2, 0.25) is 5.91 Å². The van der Waals surface area contributed by atoms with E-state index in [1.54, 1.807) is 0 Å². The number of benzene rings is 1. The summed E-state index contributed by atoms with van der Waals surface area (Å²) in [5.74, 6) is -0.0359. The second kappa shape index (κ2) is 9.68. The molecule has 5 nitrogen and oxygen atoms in total. The quantitative estimate of drug-likeness (QED) is 0.326. The molecule has 0 aliphatic rings. The summed E-state index contributed by atoms with van der Waals surface area (Å²) < 4.78 is 24.1. The molecule has 0 fully saturated rings. The van der Waals surface area contributed by atoms with Crippen molar-refractivity contribution in [1.29, 1.82) is 0 Å². The number of carbonyl (C=O) groups excluding carboxylic acids is 1. The molecule has 0 heterocycles. The van der Waals surface area contributed by atoms with Crippen LogP contribution >= 0.6 is 0 Å². The van der Waals surface area contributed by atoms with Gasteiger partial charge in [-0.15, -0.1) is 0 Å². The van der Waals surface area contributed by atoms with E-state index in [0.29, 0.717) is 0 Å². The molecule has 0 aliphatic carbocycles. The first kappa shape index (κ1) is 16.6. The molecule has 1 rings (SSSR count). The fourth-order valence-corrected chi connectivity index (χ4v) is 0.725. The van der Waals surface area contributed by atoms with Crippen LogP contribution in [0.15, 0.2) is 30.3 Å². The Balaban J connectivity index is 0. The molecule has 0 spiro atoms. The first-order valence-corrected chi connectivity index (χ1v) is 4.66. The van der Waals surface area contributed by atoms with E-state index >= 15 is 0 Å². The number of rotatable bonds is 1. The van der Waals surface area contributed by atoms with Crippen molar-refractivity contribution in [2.45, 2.75) is 6.92 Å². The van der Waals surface area contributed by atoms with Crippen LogP contribution in [0.2, 0.25) is 0 Å². The SMILES string of the molecule is CC(=O)Nc1ccccc1.O=[S-](=O)O.[AlH2+]. The first-order chi connectivity index (χ1) is 6.52. The van der Waals surface area contributed by atoms with Crippen molar-refractivity contribution in [3.8, 4) is 0 Å². The number of nitrogens with one attached hydrogen (secondary N) is 1. The number of amides is 1. The molecule has 0 saturated carbocycles. The molecule has 82 valence electrons. The third-order valence-electron chi connectivity index (χ3n) is 1.09. The topological polar surface area (TPSA) is 83.5 Å². The van der Waals surface area contributed by atoms with Crippen LogP contribution in [0.4, 0.5) is 5.69 Å². The Morgan fingerprint density at radius 2 is 1.67 bits per heavy atom. The average molecular weight is 245 g/mol. The molecule has 0 aromatic heterocycles. The summed E-state index contributed by atoms with van der Waals surface area (Å²) in [6.07, 6.45) is 0. The molecule has 15 heavy (non-hydrogen) atoms. The van der Waals surface area contributed by atoms with Gasteiger partial charge >= 0.3 is 17.4 Å². The Labute approximate surface area is 100 Å². The van der Waals surface area contributed by atoms with Crippen molar-refractivity contribution in [2.24, 2.45) is 0 Å². The number of hydrogen-bond donors (Lipinski definition) is 2. The monoisotopic (exact) mass is 245 g/mol. The predicted octanol–water partition coefficient (Wildman–Crippen LogP) is 0.497. The van der Waals surface area contributed by atoms with Crippen molar-refractivity contribution in [3.63, 3.8) is 0 Å². The summed E-state index contributed by atoms with van der Waals surface area (Å²) >= 11 is 0. The maximum atomic E-state index is 10.5. The van der Waals surface area contributed by atoms with Gasteiger partial charge in [-0.2, -0.15) is 0 Å². The number of anilines is 1. The van der Waals surface area contributed by atoms with E-state index in [4.69, 9.17) is 13.0 Å². The van der Waals surface area contributed by atoms with Gasteiger partial charge in [-0.05, 0) is 12.1 Å². The van der Waals surface area contributed by atoms with Crippen molar-refractivity contribution in [1.82, 2.24) is 0 Å². The molecule has 0 saturated heterocycles. The summed E-state index contributed by atoms with van der Waals surface area (Å²) in [5.41, 5.74) is 0.843. The molecule has 0 aliphatic heterocycles. The van der Waals surface area contributed by atoms with E-state index in [0.717, 1.165) is 5.69 Å². The van der Waals surface area contributed by atoms with E-state index in [1.807, 2.05) is 30.3 Å². The minimum absolute atomic E-state index is 0. The Morgan fingerprint density at radius 1 is 1.27 bits per heavy atom. The van der Waals surface area contributed by atoms with Crippen molar-refractivity contribution >= 4 is 39.9 Å². The van der Waals surface area contributed by atoms with Crippen LogP contribution in [-0.2, 0) is 24.2 Å². The molecule has 7 heteroatoms. The molecule has 1 aromatic rings. The van der Waals surface area contributed by atoms with E-state index in [-0.39, 0.29) is 23.3 Å². The van der Waals surface area contributed by atoms with Crippen molar-refractivity contribution in [3.05, 3.63) is 30.3 Å². The van der Waals surface area contributed by atoms with E-state index in [9.17, 15) is 4.79 Å². The Bertz CT molecular complexity index is 345. The fourth-order valence-electron chi connectivity index (χ4n) is 0.725. The van der Waals surface area contributed by atoms with Crippen LogP contribution in [0.3, 0.4) is 0 Å². The van der Waals surface area contributed by atoms with Crippen LogP contribution in [0.25, 0.3) is 0 Å². The van der Waals surface area contributed by atoms with Gasteiger partial charge in [0.05, 0.1) is 0 Å². The number of para-hydroxylation sites is 1. The van der Waals surface area contributed by atoms with Gasteiger partial charge in [-0.1, -0.05) is 18.2 Å². The van der Waals surface area contributed by atoms with Crippen molar-refractivity contribution < 1.29 is 17.8 Å². The van der Waals surface area contributed by atoms with Crippen LogP contribution < -0.4 is 5.32 Å². The average Bonchev–Trinajstić information content (AvgIpc) is 2.03. The van der Waals surface area contributed by atoms with E-state index < -0.39 is 11.0 Å². The zero-order valence-corrected chi connectivity index (χ0v) is 11.3. The summed E-state index contributed by atoms with van der Waals surface area (Å²) in [5, 5.41) is 2.67. The van der Waals surface area contributed by atoms with Gasteiger partial charge in [-0.25, -0.2) is 0 Å². The second-order valence-corrected chi connectivity index (χ2v) is 2.70. The van der Waals surface area contributed by atoms with Crippen LogP contribution in [-0.4, -0.2) is 27.8 Å². The van der Waals surface area contributed by atoms with Crippen LogP contribution in [0, 0.1) is 0 Å². The molecule has 0 radical (unpaired) electrons. The molecular weight excluding hydrogens is 233 g/mol. The van der Waals surface area contributed by atoms with Crippen LogP contribution in [0.1, 0.15) is 6.92 Å². The first-order valence-electron chi connectivity index (χ1n) is 3.63. The third kappa shape index (κ3) is 13.1. The number of carbonyl (C=O) groups is 1. The molecule has 2 N–H and O–H groups in total. The van der Waals surface area contributed by atoms with Crippen molar-refractivity contribution in [2.75, 3.05) is 5.32 Å². The Morgan fingerprint density at radius 3 is 2.00 bits per heavy atom. The van der Waals surface area contributed by atoms with Gasteiger partial charge in [0, 0.05) is 23.6 Å². The molecule has 1 aromatic carbocycles. The summed E-state index contributed by atoms with van der Waals surface area (Å²) in [6, 6.07) is 9.37. The zero-order valence-electron chi connectivity index (χ0n) is 8.47.